The summed E-state index contributed by atoms with van der Waals surface area (Å²) in [7, 11) is 0. The van der Waals surface area contributed by atoms with Gasteiger partial charge in [0.15, 0.2) is 0 Å². The van der Waals surface area contributed by atoms with Gasteiger partial charge >= 0.3 is 0 Å². The lowest BCUT2D eigenvalue weighted by Gasteiger charge is -2.14. The summed E-state index contributed by atoms with van der Waals surface area (Å²) in [6.07, 6.45) is 7.55. The van der Waals surface area contributed by atoms with Gasteiger partial charge in [-0.25, -0.2) is 4.98 Å². The van der Waals surface area contributed by atoms with E-state index in [1.807, 2.05) is 6.20 Å². The summed E-state index contributed by atoms with van der Waals surface area (Å²) in [5.41, 5.74) is 5.71. The van der Waals surface area contributed by atoms with Crippen LogP contribution in [0.4, 0.5) is 0 Å². The summed E-state index contributed by atoms with van der Waals surface area (Å²) < 4.78 is 0. The Morgan fingerprint density at radius 1 is 1.31 bits per heavy atom. The first-order chi connectivity index (χ1) is 7.86. The van der Waals surface area contributed by atoms with Gasteiger partial charge in [0, 0.05) is 12.1 Å². The Morgan fingerprint density at radius 3 is 3.06 bits per heavy atom. The number of benzene rings is 1. The van der Waals surface area contributed by atoms with E-state index in [1.54, 1.807) is 17.5 Å². The zero-order valence-electron chi connectivity index (χ0n) is 9.53. The predicted molar refractivity (Wildman–Crippen MR) is 64.6 cm³/mol. The maximum Gasteiger partial charge on any atom is 0.0923 e. The molecule has 82 valence electrons. The van der Waals surface area contributed by atoms with E-state index in [-0.39, 0.29) is 0 Å². The van der Waals surface area contributed by atoms with Gasteiger partial charge in [0.05, 0.1) is 12.0 Å². The van der Waals surface area contributed by atoms with Crippen molar-refractivity contribution in [1.82, 2.24) is 9.97 Å². The van der Waals surface area contributed by atoms with Crippen molar-refractivity contribution in [3.8, 4) is 0 Å². The summed E-state index contributed by atoms with van der Waals surface area (Å²) in [4.78, 5) is 7.40. The van der Waals surface area contributed by atoms with Crippen LogP contribution in [0.15, 0.2) is 30.7 Å². The zero-order valence-corrected chi connectivity index (χ0v) is 9.53. The Kier molecular flexibility index (Phi) is 2.28. The molecule has 0 radical (unpaired) electrons. The largest absolute Gasteiger partial charge is 0.351 e. The lowest BCUT2D eigenvalue weighted by Crippen LogP contribution is -2.01. The Bertz CT molecular complexity index is 485. The molecule has 1 aromatic heterocycles. The number of aryl methyl sites for hydroxylation is 1. The molecule has 1 heterocycles. The fraction of sp³-hybridized carbons (Fsp3) is 0.357. The van der Waals surface area contributed by atoms with Crippen LogP contribution in [0.2, 0.25) is 0 Å². The number of H-pyrrole nitrogens is 1. The highest BCUT2D eigenvalue weighted by atomic mass is 14.9. The number of fused-ring (bicyclic) bond motifs is 1. The molecule has 3 rings (SSSR count). The molecule has 2 aromatic rings. The standard InChI is InChI=1S/C14H16N2/c1-10(14-8-15-9-16-14)12-6-2-4-11-5-3-7-13(11)12/h2,4,6,8-10H,3,5,7H2,1H3,(H,15,16)/t10-/m1/s1. The van der Waals surface area contributed by atoms with Crippen LogP contribution in [-0.4, -0.2) is 9.97 Å². The Morgan fingerprint density at radius 2 is 2.25 bits per heavy atom. The van der Waals surface area contributed by atoms with Crippen LogP contribution < -0.4 is 0 Å². The number of imidazole rings is 1. The highest BCUT2D eigenvalue weighted by molar-refractivity contribution is 5.42. The fourth-order valence-corrected chi connectivity index (χ4v) is 2.72. The summed E-state index contributed by atoms with van der Waals surface area (Å²) in [5, 5.41) is 0. The second kappa shape index (κ2) is 3.78. The van der Waals surface area contributed by atoms with Gasteiger partial charge in [0.2, 0.25) is 0 Å². The molecule has 0 amide bonds. The van der Waals surface area contributed by atoms with E-state index >= 15 is 0 Å². The van der Waals surface area contributed by atoms with E-state index in [1.165, 1.54) is 24.8 Å². The topological polar surface area (TPSA) is 28.7 Å². The maximum atomic E-state index is 4.36. The van der Waals surface area contributed by atoms with E-state index in [2.05, 4.69) is 35.1 Å². The van der Waals surface area contributed by atoms with Crippen molar-refractivity contribution in [3.63, 3.8) is 0 Å². The molecular formula is C14H16N2. The predicted octanol–water partition coefficient (Wildman–Crippen LogP) is 3.05. The van der Waals surface area contributed by atoms with Gasteiger partial charge in [-0.05, 0) is 36.0 Å². The molecule has 0 saturated carbocycles. The second-order valence-electron chi connectivity index (χ2n) is 4.55. The molecule has 2 nitrogen and oxygen atoms in total. The molecule has 0 saturated heterocycles. The number of aromatic nitrogens is 2. The molecule has 16 heavy (non-hydrogen) atoms. The van der Waals surface area contributed by atoms with Crippen LogP contribution in [0.1, 0.15) is 41.6 Å². The quantitative estimate of drug-likeness (QED) is 0.814. The van der Waals surface area contributed by atoms with E-state index < -0.39 is 0 Å². The first kappa shape index (κ1) is 9.64. The number of rotatable bonds is 2. The van der Waals surface area contributed by atoms with Crippen LogP contribution in [0.3, 0.4) is 0 Å². The number of aromatic amines is 1. The van der Waals surface area contributed by atoms with Crippen LogP contribution >= 0.6 is 0 Å². The number of nitrogens with one attached hydrogen (secondary N) is 1. The SMILES string of the molecule is C[C@@H](c1c[nH]cn1)c1cccc2c1CCC2. The van der Waals surface area contributed by atoms with Gasteiger partial charge in [-0.1, -0.05) is 25.1 Å². The van der Waals surface area contributed by atoms with Crippen molar-refractivity contribution in [3.05, 3.63) is 53.1 Å². The van der Waals surface area contributed by atoms with Crippen LogP contribution in [0, 0.1) is 0 Å². The molecule has 2 heteroatoms. The van der Waals surface area contributed by atoms with Gasteiger partial charge in [-0.2, -0.15) is 0 Å². The van der Waals surface area contributed by atoms with Crippen molar-refractivity contribution in [1.29, 1.82) is 0 Å². The molecule has 1 aliphatic rings. The molecule has 1 aromatic carbocycles. The van der Waals surface area contributed by atoms with Crippen LogP contribution in [-0.2, 0) is 12.8 Å². The first-order valence-corrected chi connectivity index (χ1v) is 5.95. The second-order valence-corrected chi connectivity index (χ2v) is 4.55. The third kappa shape index (κ3) is 1.45. The normalized spacial score (nSPS) is 16.1. The van der Waals surface area contributed by atoms with Gasteiger partial charge in [-0.3, -0.25) is 0 Å². The monoisotopic (exact) mass is 212 g/mol. The Balaban J connectivity index is 2.04. The lowest BCUT2D eigenvalue weighted by atomic mass is 9.91. The summed E-state index contributed by atoms with van der Waals surface area (Å²) in [6, 6.07) is 6.70. The van der Waals surface area contributed by atoms with E-state index in [9.17, 15) is 0 Å². The number of hydrogen-bond donors (Lipinski definition) is 1. The molecular weight excluding hydrogens is 196 g/mol. The van der Waals surface area contributed by atoms with Crippen LogP contribution in [0.25, 0.3) is 0 Å². The zero-order chi connectivity index (χ0) is 11.0. The van der Waals surface area contributed by atoms with Gasteiger partial charge < -0.3 is 4.98 Å². The van der Waals surface area contributed by atoms with Crippen molar-refractivity contribution < 1.29 is 0 Å². The highest BCUT2D eigenvalue weighted by Crippen LogP contribution is 2.32. The van der Waals surface area contributed by atoms with Crippen molar-refractivity contribution in [2.24, 2.45) is 0 Å². The smallest absolute Gasteiger partial charge is 0.0923 e. The average Bonchev–Trinajstić information content (AvgIpc) is 2.98. The van der Waals surface area contributed by atoms with Gasteiger partial charge in [-0.15, -0.1) is 0 Å². The molecule has 0 spiro atoms. The van der Waals surface area contributed by atoms with Crippen molar-refractivity contribution >= 4 is 0 Å². The molecule has 0 bridgehead atoms. The molecule has 0 aliphatic heterocycles. The first-order valence-electron chi connectivity index (χ1n) is 5.95. The summed E-state index contributed by atoms with van der Waals surface area (Å²) in [6.45, 7) is 2.24. The van der Waals surface area contributed by atoms with Crippen molar-refractivity contribution in [2.45, 2.75) is 32.1 Å². The van der Waals surface area contributed by atoms with E-state index in [4.69, 9.17) is 0 Å². The number of nitrogens with zero attached hydrogens (tertiary/aromatic N) is 1. The average molecular weight is 212 g/mol. The van der Waals surface area contributed by atoms with Crippen molar-refractivity contribution in [2.75, 3.05) is 0 Å². The fourth-order valence-electron chi connectivity index (χ4n) is 2.72. The van der Waals surface area contributed by atoms with Gasteiger partial charge in [0.25, 0.3) is 0 Å². The Hall–Kier alpha value is -1.57. The molecule has 0 unspecified atom stereocenters. The van der Waals surface area contributed by atoms with E-state index in [0.717, 1.165) is 5.69 Å². The Labute approximate surface area is 95.7 Å². The summed E-state index contributed by atoms with van der Waals surface area (Å²) in [5.74, 6) is 0.402. The van der Waals surface area contributed by atoms with Crippen LogP contribution in [0.5, 0.6) is 0 Å². The molecule has 1 aliphatic carbocycles. The maximum absolute atomic E-state index is 4.36. The molecule has 1 atom stereocenters. The third-order valence-corrected chi connectivity index (χ3v) is 3.61. The highest BCUT2D eigenvalue weighted by Gasteiger charge is 2.19. The summed E-state index contributed by atoms with van der Waals surface area (Å²) >= 11 is 0. The van der Waals surface area contributed by atoms with E-state index in [0.29, 0.717) is 5.92 Å². The minimum Gasteiger partial charge on any atom is -0.351 e. The lowest BCUT2D eigenvalue weighted by molar-refractivity contribution is 0.853. The molecule has 0 fully saturated rings. The van der Waals surface area contributed by atoms with Gasteiger partial charge in [0.1, 0.15) is 0 Å². The molecule has 1 N–H and O–H groups in total. The number of hydrogen-bond acceptors (Lipinski definition) is 1. The minimum atomic E-state index is 0.402. The minimum absolute atomic E-state index is 0.402. The third-order valence-electron chi connectivity index (χ3n) is 3.61.